The Morgan fingerprint density at radius 2 is 1.32 bits per heavy atom. The van der Waals surface area contributed by atoms with Crippen LogP contribution in [0.2, 0.25) is 0 Å². The number of pyridine rings is 1. The first-order chi connectivity index (χ1) is 27.0. The van der Waals surface area contributed by atoms with Crippen LogP contribution < -0.4 is 9.08 Å². The van der Waals surface area contributed by atoms with Crippen LogP contribution >= 0.6 is 34.0 Å². The van der Waals surface area contributed by atoms with Crippen LogP contribution in [-0.4, -0.2) is 28.4 Å². The molecule has 5 heterocycles. The minimum absolute atomic E-state index is 0.684. The number of aryl methyl sites for hydroxylation is 5. The van der Waals surface area contributed by atoms with Crippen LogP contribution in [-0.2, 0) is 17.5 Å². The van der Waals surface area contributed by atoms with E-state index < -0.39 is 11.1 Å². The average Bonchev–Trinajstić information content (AvgIpc) is 4.06. The molecule has 8 rings (SSSR count). The van der Waals surface area contributed by atoms with E-state index in [1.54, 1.807) is 47.1 Å². The van der Waals surface area contributed by atoms with Crippen LogP contribution in [0.15, 0.2) is 167 Å². The Hall–Kier alpha value is -5.13. The lowest BCUT2D eigenvalue weighted by Crippen LogP contribution is -2.08. The predicted octanol–water partition coefficient (Wildman–Crippen LogP) is 13.0. The average molecular weight is 820 g/mol. The molecular weight excluding hydrogens is 771 g/mol. The van der Waals surface area contributed by atoms with Gasteiger partial charge in [-0.15, -0.1) is 34.0 Å². The van der Waals surface area contributed by atoms with Crippen LogP contribution in [0.25, 0.3) is 10.6 Å². The zero-order valence-electron chi connectivity index (χ0n) is 32.9. The molecule has 10 heteroatoms. The molecule has 1 atom stereocenters. The Bertz CT molecular complexity index is 2200. The summed E-state index contributed by atoms with van der Waals surface area (Å²) in [5.74, 6) is 0. The number of aromatic nitrogens is 2. The highest BCUT2D eigenvalue weighted by Gasteiger charge is 2.07. The van der Waals surface area contributed by atoms with E-state index in [2.05, 4.69) is 133 Å². The molecule has 0 saturated carbocycles. The fourth-order valence-corrected chi connectivity index (χ4v) is 7.64. The van der Waals surface area contributed by atoms with Crippen LogP contribution in [0, 0.1) is 34.6 Å². The van der Waals surface area contributed by atoms with Crippen molar-refractivity contribution in [1.29, 1.82) is 0 Å². The Morgan fingerprint density at radius 3 is 1.79 bits per heavy atom. The van der Waals surface area contributed by atoms with E-state index in [9.17, 15) is 4.21 Å². The van der Waals surface area contributed by atoms with Gasteiger partial charge in [0.2, 0.25) is 11.1 Å². The van der Waals surface area contributed by atoms with Gasteiger partial charge in [-0.1, -0.05) is 77.5 Å². The highest BCUT2D eigenvalue weighted by atomic mass is 32.2. The number of nitrogens with zero attached hydrogens (tertiary/aromatic N) is 3. The van der Waals surface area contributed by atoms with Crippen LogP contribution in [0.3, 0.4) is 0 Å². The van der Waals surface area contributed by atoms with Crippen molar-refractivity contribution in [3.8, 4) is 15.6 Å². The first-order valence-electron chi connectivity index (χ1n) is 17.9. The molecule has 56 heavy (non-hydrogen) atoms. The van der Waals surface area contributed by atoms with E-state index in [-0.39, 0.29) is 0 Å². The maximum absolute atomic E-state index is 11.7. The Labute approximate surface area is 346 Å². The van der Waals surface area contributed by atoms with Gasteiger partial charge in [0.05, 0.1) is 21.2 Å². The zero-order valence-corrected chi connectivity index (χ0v) is 36.2. The molecule has 8 aromatic rings. The molecule has 1 unspecified atom stereocenters. The van der Waals surface area contributed by atoms with Crippen molar-refractivity contribution in [3.05, 3.63) is 194 Å². The topological polar surface area (TPSA) is 68.5 Å². The van der Waals surface area contributed by atoms with E-state index >= 15 is 0 Å². The molecule has 0 fully saturated rings. The predicted molar refractivity (Wildman–Crippen MR) is 240 cm³/mol. The molecule has 0 aliphatic heterocycles. The lowest BCUT2D eigenvalue weighted by Gasteiger charge is -2.12. The van der Waals surface area contributed by atoms with Crippen molar-refractivity contribution in [2.24, 2.45) is 0 Å². The number of hydrogen-bond acceptors (Lipinski definition) is 9. The first kappa shape index (κ1) is 43.6. The summed E-state index contributed by atoms with van der Waals surface area (Å²) >= 11 is 3.64. The van der Waals surface area contributed by atoms with Gasteiger partial charge in [0.25, 0.3) is 0 Å². The number of anilines is 1. The summed E-state index contributed by atoms with van der Waals surface area (Å²) in [5, 5.41) is 6.31. The third-order valence-corrected chi connectivity index (χ3v) is 11.5. The van der Waals surface area contributed by atoms with E-state index in [4.69, 9.17) is 4.18 Å². The minimum Gasteiger partial charge on any atom is -0.386 e. The highest BCUT2D eigenvalue weighted by molar-refractivity contribution is 7.80. The molecule has 0 aliphatic rings. The molecular formula is C46H49N3O3S4. The quantitative estimate of drug-likeness (QED) is 0.160. The van der Waals surface area contributed by atoms with Crippen molar-refractivity contribution < 1.29 is 12.9 Å². The molecule has 0 N–H and O–H groups in total. The molecule has 0 bridgehead atoms. The second-order valence-corrected chi connectivity index (χ2v) is 17.5. The van der Waals surface area contributed by atoms with E-state index in [0.29, 0.717) is 9.96 Å². The standard InChI is InChI=1S/C16H19N.C11H10O2S2.C10H9NS.C5H6S.C4H5NO/c1-13-4-6-14(7-5-13)12-15-8-10-16(11-9-15)17(2)3;1-9-7-8-11(14-9)13-15(12)10-5-3-2-4-6-10;1-8-5-6-10(12-8)9-4-2-3-7-11-9;1-5-3-2-4-6-5;1-4-2-3-6-5-4/h4-11H,12H2,1-3H3;2-8H,1H3;2-7H,1H3;2-4H,1H3;2-3H,1H3. The van der Waals surface area contributed by atoms with Gasteiger partial charge in [-0.3, -0.25) is 4.98 Å². The van der Waals surface area contributed by atoms with Gasteiger partial charge in [-0.25, -0.2) is 4.21 Å². The summed E-state index contributed by atoms with van der Waals surface area (Å²) in [4.78, 5) is 12.2. The lowest BCUT2D eigenvalue weighted by molar-refractivity contribution is 0.415. The zero-order chi connectivity index (χ0) is 40.1. The Balaban J connectivity index is 0.000000164. The SMILES string of the molecule is Cc1ccc(-c2ccccn2)s1.Cc1ccc(Cc2ccc(N(C)C)cc2)cc1.Cc1ccc(OS(=O)c2ccccc2)s1.Cc1cccs1.Cc1ccon1. The largest absolute Gasteiger partial charge is 0.386 e. The third kappa shape index (κ3) is 16.3. The van der Waals surface area contributed by atoms with Crippen molar-refractivity contribution in [2.45, 2.75) is 45.9 Å². The van der Waals surface area contributed by atoms with Crippen LogP contribution in [0.5, 0.6) is 5.06 Å². The number of rotatable bonds is 7. The van der Waals surface area contributed by atoms with E-state index in [1.165, 1.54) is 48.3 Å². The second kappa shape index (κ2) is 23.7. The normalized spacial score (nSPS) is 10.5. The summed E-state index contributed by atoms with van der Waals surface area (Å²) in [5.41, 5.74) is 7.28. The minimum atomic E-state index is -1.41. The Kier molecular flexibility index (Phi) is 18.5. The summed E-state index contributed by atoms with van der Waals surface area (Å²) in [6, 6.07) is 46.6. The molecule has 0 amide bonds. The van der Waals surface area contributed by atoms with E-state index in [1.807, 2.05) is 68.6 Å². The van der Waals surface area contributed by atoms with Gasteiger partial charge in [0, 0.05) is 46.7 Å². The molecule has 0 radical (unpaired) electrons. The molecule has 5 aromatic heterocycles. The lowest BCUT2D eigenvalue weighted by atomic mass is 10.0. The third-order valence-electron chi connectivity index (χ3n) is 7.68. The van der Waals surface area contributed by atoms with Gasteiger partial charge in [-0.2, -0.15) is 0 Å². The summed E-state index contributed by atoms with van der Waals surface area (Å²) in [7, 11) is 4.13. The maximum atomic E-state index is 11.7. The maximum Gasteiger partial charge on any atom is 0.241 e. The van der Waals surface area contributed by atoms with Gasteiger partial charge in [0.15, 0.2) is 5.06 Å². The van der Waals surface area contributed by atoms with Crippen LogP contribution in [0.1, 0.15) is 37.0 Å². The van der Waals surface area contributed by atoms with Crippen molar-refractivity contribution >= 4 is 50.8 Å². The smallest absolute Gasteiger partial charge is 0.241 e. The Morgan fingerprint density at radius 1 is 0.661 bits per heavy atom. The van der Waals surface area contributed by atoms with Crippen LogP contribution in [0.4, 0.5) is 5.69 Å². The van der Waals surface area contributed by atoms with Gasteiger partial charge >= 0.3 is 0 Å². The van der Waals surface area contributed by atoms with Crippen molar-refractivity contribution in [3.63, 3.8) is 0 Å². The fraction of sp³-hybridized carbons (Fsp3) is 0.174. The summed E-state index contributed by atoms with van der Waals surface area (Å²) in [6.45, 7) is 10.2. The molecule has 0 aliphatic carbocycles. The molecule has 290 valence electrons. The van der Waals surface area contributed by atoms with Gasteiger partial charge in [0.1, 0.15) is 6.26 Å². The van der Waals surface area contributed by atoms with Crippen molar-refractivity contribution in [2.75, 3.05) is 19.0 Å². The van der Waals surface area contributed by atoms with Crippen molar-refractivity contribution in [1.82, 2.24) is 10.1 Å². The molecule has 6 nitrogen and oxygen atoms in total. The highest BCUT2D eigenvalue weighted by Crippen LogP contribution is 2.26. The fourth-order valence-electron chi connectivity index (χ4n) is 4.68. The number of benzene rings is 3. The first-order valence-corrected chi connectivity index (χ1v) is 21.5. The summed E-state index contributed by atoms with van der Waals surface area (Å²) in [6.07, 6.45) is 4.38. The van der Waals surface area contributed by atoms with E-state index in [0.717, 1.165) is 22.7 Å². The molecule has 0 spiro atoms. The van der Waals surface area contributed by atoms with Gasteiger partial charge < -0.3 is 13.6 Å². The van der Waals surface area contributed by atoms with Gasteiger partial charge in [-0.05, 0) is 124 Å². The summed E-state index contributed by atoms with van der Waals surface area (Å²) < 4.78 is 21.5. The number of hydrogen-bond donors (Lipinski definition) is 0. The number of thiophene rings is 3. The second-order valence-electron chi connectivity index (χ2n) is 12.7. The molecule has 0 saturated heterocycles. The monoisotopic (exact) mass is 819 g/mol. The molecule has 3 aromatic carbocycles.